The second-order valence-electron chi connectivity index (χ2n) is 7.22. The number of hydrogen-bond acceptors (Lipinski definition) is 3. The summed E-state index contributed by atoms with van der Waals surface area (Å²) in [5.41, 5.74) is 0.393. The molecule has 0 amide bonds. The summed E-state index contributed by atoms with van der Waals surface area (Å²) in [6.45, 7) is 10.4. The van der Waals surface area contributed by atoms with Gasteiger partial charge in [-0.1, -0.05) is 31.9 Å². The number of allylic oxidation sites excluding steroid dienone is 1. The van der Waals surface area contributed by atoms with Gasteiger partial charge in [0, 0.05) is 31.8 Å². The van der Waals surface area contributed by atoms with E-state index >= 15 is 0 Å². The minimum atomic E-state index is 0.393. The fraction of sp³-hybridized carbons (Fsp3) is 0.900. The van der Waals surface area contributed by atoms with Crippen molar-refractivity contribution in [3.8, 4) is 0 Å². The van der Waals surface area contributed by atoms with Crippen LogP contribution < -0.4 is 0 Å². The molecule has 0 bridgehead atoms. The molecule has 1 saturated carbocycles. The van der Waals surface area contributed by atoms with Gasteiger partial charge in [0.15, 0.2) is 0 Å². The standard InChI is InChI=1S/C20H37NO2/c1-3-22-16-10-6-4-5-8-12-20(13-9-7-11-19(20)2)21-14-17-23-18-15-21/h5,8,19H,3-4,6-7,9-18H2,1-2H3. The van der Waals surface area contributed by atoms with Gasteiger partial charge in [-0.25, -0.2) is 0 Å². The zero-order chi connectivity index (χ0) is 16.4. The Balaban J connectivity index is 1.82. The van der Waals surface area contributed by atoms with Gasteiger partial charge >= 0.3 is 0 Å². The molecule has 0 aromatic heterocycles. The van der Waals surface area contributed by atoms with Crippen molar-refractivity contribution < 1.29 is 9.47 Å². The minimum Gasteiger partial charge on any atom is -0.382 e. The van der Waals surface area contributed by atoms with Crippen LogP contribution in [-0.2, 0) is 9.47 Å². The van der Waals surface area contributed by atoms with E-state index in [1.54, 1.807) is 0 Å². The highest BCUT2D eigenvalue weighted by Crippen LogP contribution is 2.41. The van der Waals surface area contributed by atoms with E-state index in [1.807, 2.05) is 0 Å². The third-order valence-electron chi connectivity index (χ3n) is 5.81. The first-order valence-corrected chi connectivity index (χ1v) is 9.85. The normalized spacial score (nSPS) is 30.1. The van der Waals surface area contributed by atoms with Crippen molar-refractivity contribution in [3.05, 3.63) is 12.2 Å². The maximum absolute atomic E-state index is 5.59. The van der Waals surface area contributed by atoms with Crippen molar-refractivity contribution >= 4 is 0 Å². The van der Waals surface area contributed by atoms with Crippen molar-refractivity contribution in [1.29, 1.82) is 0 Å². The zero-order valence-corrected chi connectivity index (χ0v) is 15.4. The molecule has 0 N–H and O–H groups in total. The molecule has 3 nitrogen and oxygen atoms in total. The van der Waals surface area contributed by atoms with Crippen LogP contribution in [0.1, 0.15) is 65.2 Å². The van der Waals surface area contributed by atoms with Gasteiger partial charge in [0.1, 0.15) is 0 Å². The number of hydrogen-bond donors (Lipinski definition) is 0. The third kappa shape index (κ3) is 5.58. The predicted octanol–water partition coefficient (Wildman–Crippen LogP) is 4.42. The molecule has 23 heavy (non-hydrogen) atoms. The Labute approximate surface area is 143 Å². The Morgan fingerprint density at radius 1 is 1.17 bits per heavy atom. The number of unbranched alkanes of at least 4 members (excludes halogenated alkanes) is 2. The lowest BCUT2D eigenvalue weighted by atomic mass is 9.70. The molecule has 1 aliphatic heterocycles. The fourth-order valence-corrected chi connectivity index (χ4v) is 4.32. The molecule has 2 fully saturated rings. The van der Waals surface area contributed by atoms with Gasteiger partial charge in [-0.05, 0) is 51.4 Å². The molecular formula is C20H37NO2. The van der Waals surface area contributed by atoms with Crippen molar-refractivity contribution in [2.75, 3.05) is 39.5 Å². The monoisotopic (exact) mass is 323 g/mol. The smallest absolute Gasteiger partial charge is 0.0594 e. The maximum atomic E-state index is 5.59. The average Bonchev–Trinajstić information content (AvgIpc) is 2.60. The van der Waals surface area contributed by atoms with Gasteiger partial charge < -0.3 is 9.47 Å². The number of ether oxygens (including phenoxy) is 2. The van der Waals surface area contributed by atoms with Gasteiger partial charge in [-0.15, -0.1) is 0 Å². The molecule has 134 valence electrons. The van der Waals surface area contributed by atoms with Crippen molar-refractivity contribution in [2.24, 2.45) is 5.92 Å². The summed E-state index contributed by atoms with van der Waals surface area (Å²) < 4.78 is 11.0. The van der Waals surface area contributed by atoms with E-state index in [-0.39, 0.29) is 0 Å². The average molecular weight is 324 g/mol. The van der Waals surface area contributed by atoms with E-state index < -0.39 is 0 Å². The second-order valence-corrected chi connectivity index (χ2v) is 7.22. The molecule has 1 saturated heterocycles. The number of rotatable bonds is 9. The number of morpholine rings is 1. The first kappa shape index (κ1) is 19.0. The summed E-state index contributed by atoms with van der Waals surface area (Å²) in [4.78, 5) is 2.75. The van der Waals surface area contributed by atoms with Gasteiger partial charge in [0.2, 0.25) is 0 Å². The van der Waals surface area contributed by atoms with Crippen LogP contribution in [0.5, 0.6) is 0 Å². The summed E-state index contributed by atoms with van der Waals surface area (Å²) in [6, 6.07) is 0. The van der Waals surface area contributed by atoms with Gasteiger partial charge in [-0.3, -0.25) is 4.90 Å². The van der Waals surface area contributed by atoms with Gasteiger partial charge in [-0.2, -0.15) is 0 Å². The molecule has 2 rings (SSSR count). The van der Waals surface area contributed by atoms with Crippen molar-refractivity contribution in [3.63, 3.8) is 0 Å². The summed E-state index contributed by atoms with van der Waals surface area (Å²) >= 11 is 0. The largest absolute Gasteiger partial charge is 0.382 e. The molecule has 3 heteroatoms. The number of nitrogens with zero attached hydrogens (tertiary/aromatic N) is 1. The zero-order valence-electron chi connectivity index (χ0n) is 15.4. The van der Waals surface area contributed by atoms with E-state index in [4.69, 9.17) is 9.47 Å². The quantitative estimate of drug-likeness (QED) is 0.463. The lowest BCUT2D eigenvalue weighted by molar-refractivity contribution is -0.0583. The maximum Gasteiger partial charge on any atom is 0.0594 e. The molecule has 0 radical (unpaired) electrons. The summed E-state index contributed by atoms with van der Waals surface area (Å²) in [5, 5.41) is 0. The predicted molar refractivity (Wildman–Crippen MR) is 96.9 cm³/mol. The molecular weight excluding hydrogens is 286 g/mol. The Hall–Kier alpha value is -0.380. The summed E-state index contributed by atoms with van der Waals surface area (Å²) in [5.74, 6) is 0.803. The summed E-state index contributed by atoms with van der Waals surface area (Å²) in [7, 11) is 0. The fourth-order valence-electron chi connectivity index (χ4n) is 4.32. The Morgan fingerprint density at radius 3 is 2.74 bits per heavy atom. The first-order chi connectivity index (χ1) is 11.3. The van der Waals surface area contributed by atoms with Crippen molar-refractivity contribution in [2.45, 2.75) is 70.8 Å². The van der Waals surface area contributed by atoms with E-state index in [0.29, 0.717) is 5.54 Å². The van der Waals surface area contributed by atoms with Gasteiger partial charge in [0.25, 0.3) is 0 Å². The van der Waals surface area contributed by atoms with E-state index in [0.717, 1.165) is 45.4 Å². The topological polar surface area (TPSA) is 21.7 Å². The van der Waals surface area contributed by atoms with Crippen LogP contribution in [0.15, 0.2) is 12.2 Å². The SMILES string of the molecule is CCOCCCCC=CCC1(N2CCOCC2)CCCCC1C. The first-order valence-electron chi connectivity index (χ1n) is 9.85. The van der Waals surface area contributed by atoms with Crippen LogP contribution >= 0.6 is 0 Å². The minimum absolute atomic E-state index is 0.393. The van der Waals surface area contributed by atoms with E-state index in [9.17, 15) is 0 Å². The van der Waals surface area contributed by atoms with Crippen LogP contribution in [-0.4, -0.2) is 50.0 Å². The van der Waals surface area contributed by atoms with Crippen LogP contribution in [0, 0.1) is 5.92 Å². The lowest BCUT2D eigenvalue weighted by Crippen LogP contribution is -2.57. The Kier molecular flexibility index (Phi) is 8.63. The highest BCUT2D eigenvalue weighted by Gasteiger charge is 2.42. The highest BCUT2D eigenvalue weighted by atomic mass is 16.5. The third-order valence-corrected chi connectivity index (χ3v) is 5.81. The molecule has 2 aliphatic rings. The molecule has 0 aromatic carbocycles. The summed E-state index contributed by atoms with van der Waals surface area (Å²) in [6.07, 6.45) is 15.3. The Morgan fingerprint density at radius 2 is 2.00 bits per heavy atom. The Bertz CT molecular complexity index is 339. The molecule has 0 spiro atoms. The van der Waals surface area contributed by atoms with E-state index in [1.165, 1.54) is 51.4 Å². The highest BCUT2D eigenvalue weighted by molar-refractivity contribution is 5.03. The molecule has 2 atom stereocenters. The van der Waals surface area contributed by atoms with Crippen molar-refractivity contribution in [1.82, 2.24) is 4.90 Å². The van der Waals surface area contributed by atoms with Crippen LogP contribution in [0.25, 0.3) is 0 Å². The second kappa shape index (κ2) is 10.5. The van der Waals surface area contributed by atoms with Crippen LogP contribution in [0.2, 0.25) is 0 Å². The van der Waals surface area contributed by atoms with Crippen LogP contribution in [0.3, 0.4) is 0 Å². The molecule has 1 aliphatic carbocycles. The molecule has 0 aromatic rings. The van der Waals surface area contributed by atoms with E-state index in [2.05, 4.69) is 30.9 Å². The molecule has 1 heterocycles. The molecule has 2 unspecified atom stereocenters. The van der Waals surface area contributed by atoms with Gasteiger partial charge in [0.05, 0.1) is 13.2 Å². The van der Waals surface area contributed by atoms with Crippen LogP contribution in [0.4, 0.5) is 0 Å². The lowest BCUT2D eigenvalue weighted by Gasteiger charge is -2.51.